The van der Waals surface area contributed by atoms with Gasteiger partial charge in [0.1, 0.15) is 6.54 Å². The second-order valence-corrected chi connectivity index (χ2v) is 9.99. The zero-order chi connectivity index (χ0) is 22.8. The lowest BCUT2D eigenvalue weighted by atomic mass is 10.1. The molecule has 0 spiro atoms. The molecule has 0 saturated carbocycles. The highest BCUT2D eigenvalue weighted by Gasteiger charge is 2.28. The molecule has 8 heteroatoms. The number of aryl methyl sites for hydroxylation is 3. The van der Waals surface area contributed by atoms with Crippen molar-refractivity contribution in [3.05, 3.63) is 87.4 Å². The average Bonchev–Trinajstić information content (AvgIpc) is 2.71. The first-order chi connectivity index (χ1) is 14.6. The van der Waals surface area contributed by atoms with Crippen molar-refractivity contribution in [3.8, 4) is 0 Å². The number of sulfonamides is 1. The molecule has 0 atom stereocenters. The number of hydrogen-bond donors (Lipinski definition) is 1. The third-order valence-corrected chi connectivity index (χ3v) is 7.07. The lowest BCUT2D eigenvalue weighted by Crippen LogP contribution is -2.38. The molecule has 31 heavy (non-hydrogen) atoms. The number of anilines is 2. The lowest BCUT2D eigenvalue weighted by molar-refractivity contribution is -0.114. The van der Waals surface area contributed by atoms with Crippen LogP contribution in [0.2, 0.25) is 10.0 Å². The highest BCUT2D eigenvalue weighted by molar-refractivity contribution is 7.92. The molecule has 0 aliphatic carbocycles. The van der Waals surface area contributed by atoms with E-state index in [0.29, 0.717) is 21.4 Å². The van der Waals surface area contributed by atoms with Crippen LogP contribution in [0.15, 0.2) is 65.6 Å². The highest BCUT2D eigenvalue weighted by Crippen LogP contribution is 2.29. The summed E-state index contributed by atoms with van der Waals surface area (Å²) in [4.78, 5) is 13.0. The molecule has 0 aliphatic heterocycles. The van der Waals surface area contributed by atoms with Gasteiger partial charge in [0.05, 0.1) is 21.3 Å². The maximum absolute atomic E-state index is 13.5. The molecule has 0 aliphatic rings. The maximum atomic E-state index is 13.5. The molecule has 5 nitrogen and oxygen atoms in total. The first-order valence-corrected chi connectivity index (χ1v) is 11.7. The number of carbonyl (C=O) groups is 1. The van der Waals surface area contributed by atoms with Crippen LogP contribution in [0.3, 0.4) is 0 Å². The first-order valence-electron chi connectivity index (χ1n) is 9.49. The Morgan fingerprint density at radius 2 is 1.55 bits per heavy atom. The Kier molecular flexibility index (Phi) is 6.94. The van der Waals surface area contributed by atoms with Gasteiger partial charge >= 0.3 is 0 Å². The summed E-state index contributed by atoms with van der Waals surface area (Å²) >= 11 is 12.1. The molecule has 3 aromatic rings. The van der Waals surface area contributed by atoms with Crippen molar-refractivity contribution in [2.24, 2.45) is 0 Å². The number of hydrogen-bond acceptors (Lipinski definition) is 3. The van der Waals surface area contributed by atoms with Gasteiger partial charge in [0.15, 0.2) is 0 Å². The van der Waals surface area contributed by atoms with Crippen LogP contribution in [0.25, 0.3) is 0 Å². The number of carbonyl (C=O) groups excluding carboxylic acids is 1. The monoisotopic (exact) mass is 476 g/mol. The van der Waals surface area contributed by atoms with Gasteiger partial charge < -0.3 is 5.32 Å². The van der Waals surface area contributed by atoms with Gasteiger partial charge in [-0.1, -0.05) is 53.0 Å². The van der Waals surface area contributed by atoms with Gasteiger partial charge in [0.25, 0.3) is 10.0 Å². The summed E-state index contributed by atoms with van der Waals surface area (Å²) in [6, 6.07) is 16.7. The van der Waals surface area contributed by atoms with Gasteiger partial charge in [0.2, 0.25) is 5.91 Å². The van der Waals surface area contributed by atoms with Crippen LogP contribution in [0.4, 0.5) is 11.4 Å². The van der Waals surface area contributed by atoms with Gasteiger partial charge in [-0.05, 0) is 68.3 Å². The standard InChI is InChI=1S/C23H22Cl2N2O3S/c1-15-5-9-19(10-6-15)31(29,30)27(22-12-16(2)4-7-17(22)3)14-23(28)26-21-13-18(24)8-11-20(21)25/h4-13H,14H2,1-3H3,(H,26,28). The summed E-state index contributed by atoms with van der Waals surface area (Å²) in [6.07, 6.45) is 0. The summed E-state index contributed by atoms with van der Waals surface area (Å²) in [6.45, 7) is 5.12. The third kappa shape index (κ3) is 5.39. The Morgan fingerprint density at radius 3 is 2.23 bits per heavy atom. The molecular weight excluding hydrogens is 455 g/mol. The molecular formula is C23H22Cl2N2O3S. The molecule has 162 valence electrons. The largest absolute Gasteiger partial charge is 0.323 e. The number of rotatable bonds is 6. The lowest BCUT2D eigenvalue weighted by Gasteiger charge is -2.26. The Hall–Kier alpha value is -2.54. The van der Waals surface area contributed by atoms with E-state index in [1.54, 1.807) is 37.3 Å². The van der Waals surface area contributed by atoms with E-state index in [9.17, 15) is 13.2 Å². The van der Waals surface area contributed by atoms with E-state index in [4.69, 9.17) is 23.2 Å². The predicted octanol–water partition coefficient (Wildman–Crippen LogP) is 5.75. The minimum absolute atomic E-state index is 0.104. The first kappa shape index (κ1) is 23.1. The van der Waals surface area contributed by atoms with E-state index in [-0.39, 0.29) is 4.90 Å². The summed E-state index contributed by atoms with van der Waals surface area (Å²) in [5.41, 5.74) is 3.30. The van der Waals surface area contributed by atoms with E-state index in [1.165, 1.54) is 18.2 Å². The van der Waals surface area contributed by atoms with E-state index in [1.807, 2.05) is 26.0 Å². The van der Waals surface area contributed by atoms with Crippen LogP contribution in [-0.2, 0) is 14.8 Å². The smallest absolute Gasteiger partial charge is 0.264 e. The van der Waals surface area contributed by atoms with Gasteiger partial charge in [-0.2, -0.15) is 0 Å². The number of halogens is 2. The van der Waals surface area contributed by atoms with Crippen molar-refractivity contribution in [2.45, 2.75) is 25.7 Å². The maximum Gasteiger partial charge on any atom is 0.264 e. The van der Waals surface area contributed by atoms with Gasteiger partial charge in [-0.15, -0.1) is 0 Å². The fourth-order valence-corrected chi connectivity index (χ4v) is 4.85. The normalized spacial score (nSPS) is 11.3. The van der Waals surface area contributed by atoms with Crippen LogP contribution in [0, 0.1) is 20.8 Å². The summed E-state index contributed by atoms with van der Waals surface area (Å²) in [7, 11) is -4.00. The minimum Gasteiger partial charge on any atom is -0.323 e. The molecule has 1 N–H and O–H groups in total. The molecule has 3 aromatic carbocycles. The van der Waals surface area contributed by atoms with Gasteiger partial charge in [0, 0.05) is 5.02 Å². The zero-order valence-electron chi connectivity index (χ0n) is 17.3. The molecule has 0 saturated heterocycles. The molecule has 0 fully saturated rings. The second-order valence-electron chi connectivity index (χ2n) is 7.29. The predicted molar refractivity (Wildman–Crippen MR) is 127 cm³/mol. The zero-order valence-corrected chi connectivity index (χ0v) is 19.6. The van der Waals surface area contributed by atoms with Gasteiger partial charge in [-0.25, -0.2) is 8.42 Å². The van der Waals surface area contributed by atoms with E-state index in [2.05, 4.69) is 5.32 Å². The minimum atomic E-state index is -4.00. The van der Waals surface area contributed by atoms with Crippen molar-refractivity contribution < 1.29 is 13.2 Å². The summed E-state index contributed by atoms with van der Waals surface area (Å²) in [5, 5.41) is 3.36. The third-order valence-electron chi connectivity index (χ3n) is 4.73. The van der Waals surface area contributed by atoms with Crippen LogP contribution in [0.1, 0.15) is 16.7 Å². The summed E-state index contributed by atoms with van der Waals surface area (Å²) in [5.74, 6) is -0.541. The average molecular weight is 477 g/mol. The number of nitrogens with one attached hydrogen (secondary N) is 1. The van der Waals surface area contributed by atoms with Gasteiger partial charge in [-0.3, -0.25) is 9.10 Å². The van der Waals surface area contributed by atoms with Crippen molar-refractivity contribution >= 4 is 50.5 Å². The molecule has 0 heterocycles. The number of benzene rings is 3. The quantitative estimate of drug-likeness (QED) is 0.492. The summed E-state index contributed by atoms with van der Waals surface area (Å²) < 4.78 is 28.1. The Morgan fingerprint density at radius 1 is 0.903 bits per heavy atom. The van der Waals surface area contributed by atoms with Crippen LogP contribution >= 0.6 is 23.2 Å². The van der Waals surface area contributed by atoms with Crippen LogP contribution < -0.4 is 9.62 Å². The fourth-order valence-electron chi connectivity index (χ4n) is 3.04. The van der Waals surface area contributed by atoms with Crippen LogP contribution in [0.5, 0.6) is 0 Å². The molecule has 3 rings (SSSR count). The Bertz CT molecular complexity index is 1230. The topological polar surface area (TPSA) is 66.5 Å². The SMILES string of the molecule is Cc1ccc(S(=O)(=O)N(CC(=O)Nc2cc(Cl)ccc2Cl)c2cc(C)ccc2C)cc1. The van der Waals surface area contributed by atoms with Crippen molar-refractivity contribution in [3.63, 3.8) is 0 Å². The van der Waals surface area contributed by atoms with Crippen molar-refractivity contribution in [1.29, 1.82) is 0 Å². The van der Waals surface area contributed by atoms with E-state index in [0.717, 1.165) is 21.0 Å². The molecule has 0 unspecified atom stereocenters. The molecule has 1 amide bonds. The second kappa shape index (κ2) is 9.30. The highest BCUT2D eigenvalue weighted by atomic mass is 35.5. The molecule has 0 radical (unpaired) electrons. The Balaban J connectivity index is 2.02. The fraction of sp³-hybridized carbons (Fsp3) is 0.174. The number of nitrogens with zero attached hydrogens (tertiary/aromatic N) is 1. The van der Waals surface area contributed by atoms with Crippen molar-refractivity contribution in [2.75, 3.05) is 16.2 Å². The number of amides is 1. The van der Waals surface area contributed by atoms with E-state index < -0.39 is 22.5 Å². The van der Waals surface area contributed by atoms with Crippen LogP contribution in [-0.4, -0.2) is 20.9 Å². The van der Waals surface area contributed by atoms with Crippen molar-refractivity contribution in [1.82, 2.24) is 0 Å². The molecule has 0 aromatic heterocycles. The molecule has 0 bridgehead atoms. The van der Waals surface area contributed by atoms with E-state index >= 15 is 0 Å². The Labute approximate surface area is 192 Å².